The summed E-state index contributed by atoms with van der Waals surface area (Å²) >= 11 is 0. The Kier molecular flexibility index (Phi) is 3.93. The number of aromatic nitrogens is 1. The van der Waals surface area contributed by atoms with Gasteiger partial charge in [0, 0.05) is 17.5 Å². The van der Waals surface area contributed by atoms with Crippen molar-refractivity contribution in [2.24, 2.45) is 0 Å². The summed E-state index contributed by atoms with van der Waals surface area (Å²) < 4.78 is 11.8. The normalized spacial score (nSPS) is 19.6. The van der Waals surface area contributed by atoms with E-state index < -0.39 is 5.41 Å². The highest BCUT2D eigenvalue weighted by atomic mass is 16.5. The SMILES string of the molecule is C=CCC12CCCc3onc(c31)-c1c(OCc3ccccc3)cccc1C2=O. The molecule has 5 rings (SSSR count). The maximum absolute atomic E-state index is 13.7. The largest absolute Gasteiger partial charge is 0.488 e. The van der Waals surface area contributed by atoms with Crippen LogP contribution in [0.4, 0.5) is 0 Å². The van der Waals surface area contributed by atoms with Crippen LogP contribution in [-0.4, -0.2) is 10.9 Å². The molecule has 2 aliphatic rings. The molecule has 3 aromatic rings. The van der Waals surface area contributed by atoms with Crippen LogP contribution in [0.25, 0.3) is 11.3 Å². The fraction of sp³-hybridized carbons (Fsp3) is 0.250. The highest BCUT2D eigenvalue weighted by molar-refractivity contribution is 6.13. The molecule has 4 nitrogen and oxygen atoms in total. The van der Waals surface area contributed by atoms with Crippen LogP contribution in [0.1, 0.15) is 46.5 Å². The third-order valence-electron chi connectivity index (χ3n) is 5.92. The number of ketones is 1. The highest BCUT2D eigenvalue weighted by Gasteiger charge is 2.51. The maximum atomic E-state index is 13.7. The Balaban J connectivity index is 1.64. The van der Waals surface area contributed by atoms with Crippen molar-refractivity contribution < 1.29 is 14.1 Å². The third-order valence-corrected chi connectivity index (χ3v) is 5.92. The molecule has 1 unspecified atom stereocenters. The number of ether oxygens (including phenoxy) is 1. The summed E-state index contributed by atoms with van der Waals surface area (Å²) in [6.45, 7) is 4.34. The van der Waals surface area contributed by atoms with E-state index in [2.05, 4.69) is 11.7 Å². The van der Waals surface area contributed by atoms with Gasteiger partial charge in [0.05, 0.1) is 11.0 Å². The Morgan fingerprint density at radius 1 is 1.18 bits per heavy atom. The van der Waals surface area contributed by atoms with Crippen LogP contribution in [0.15, 0.2) is 65.7 Å². The molecule has 1 aromatic heterocycles. The molecule has 2 aromatic carbocycles. The average molecular weight is 371 g/mol. The number of carbonyl (C=O) groups is 1. The van der Waals surface area contributed by atoms with Crippen molar-refractivity contribution in [2.75, 3.05) is 0 Å². The summed E-state index contributed by atoms with van der Waals surface area (Å²) in [5.74, 6) is 1.63. The minimum atomic E-state index is -0.601. The zero-order chi connectivity index (χ0) is 19.1. The van der Waals surface area contributed by atoms with Crippen molar-refractivity contribution in [2.45, 2.75) is 37.7 Å². The quantitative estimate of drug-likeness (QED) is 0.574. The molecule has 0 saturated heterocycles. The van der Waals surface area contributed by atoms with Crippen LogP contribution < -0.4 is 4.74 Å². The predicted octanol–water partition coefficient (Wildman–Crippen LogP) is 5.27. The van der Waals surface area contributed by atoms with Crippen molar-refractivity contribution in [1.29, 1.82) is 0 Å². The standard InChI is InChI=1S/C24H21NO3/c1-2-13-24-14-7-12-19-21(24)22(25-28-19)20-17(23(24)26)10-6-11-18(20)27-15-16-8-4-3-5-9-16/h2-6,8-11H,1,7,12-15H2. The molecular weight excluding hydrogens is 350 g/mol. The topological polar surface area (TPSA) is 52.3 Å². The smallest absolute Gasteiger partial charge is 0.174 e. The summed E-state index contributed by atoms with van der Waals surface area (Å²) in [6, 6.07) is 15.7. The van der Waals surface area contributed by atoms with Crippen molar-refractivity contribution >= 4 is 5.78 Å². The van der Waals surface area contributed by atoms with Gasteiger partial charge in [0.1, 0.15) is 23.8 Å². The van der Waals surface area contributed by atoms with E-state index in [4.69, 9.17) is 9.26 Å². The molecule has 0 radical (unpaired) electrons. The zero-order valence-corrected chi connectivity index (χ0v) is 15.6. The Morgan fingerprint density at radius 3 is 2.86 bits per heavy atom. The molecule has 0 bridgehead atoms. The number of allylic oxidation sites excluding steroid dienone is 1. The van der Waals surface area contributed by atoms with Crippen LogP contribution in [-0.2, 0) is 18.4 Å². The Hall–Kier alpha value is -3.14. The number of carbonyl (C=O) groups excluding carboxylic acids is 1. The first-order valence-electron chi connectivity index (χ1n) is 9.69. The lowest BCUT2D eigenvalue weighted by Gasteiger charge is -2.38. The number of Topliss-reactive ketones (excluding diaryl/α,β-unsaturated/α-hetero) is 1. The Bertz CT molecular complexity index is 1070. The number of fused-ring (bicyclic) bond motifs is 2. The fourth-order valence-corrected chi connectivity index (χ4v) is 4.68. The summed E-state index contributed by atoms with van der Waals surface area (Å²) in [6.07, 6.45) is 4.97. The minimum absolute atomic E-state index is 0.129. The van der Waals surface area contributed by atoms with Crippen LogP contribution in [0.3, 0.4) is 0 Å². The average Bonchev–Trinajstić information content (AvgIpc) is 3.17. The third kappa shape index (κ3) is 2.37. The summed E-state index contributed by atoms with van der Waals surface area (Å²) in [5, 5.41) is 4.40. The van der Waals surface area contributed by atoms with E-state index in [1.165, 1.54) is 0 Å². The van der Waals surface area contributed by atoms with E-state index in [9.17, 15) is 4.79 Å². The van der Waals surface area contributed by atoms with Gasteiger partial charge in [0.2, 0.25) is 0 Å². The lowest BCUT2D eigenvalue weighted by atomic mass is 9.61. The first kappa shape index (κ1) is 17.0. The molecule has 4 heteroatoms. The van der Waals surface area contributed by atoms with Gasteiger partial charge < -0.3 is 9.26 Å². The van der Waals surface area contributed by atoms with Gasteiger partial charge in [-0.15, -0.1) is 6.58 Å². The van der Waals surface area contributed by atoms with E-state index in [1.807, 2.05) is 54.6 Å². The number of hydrogen-bond acceptors (Lipinski definition) is 4. The first-order chi connectivity index (χ1) is 13.7. The number of rotatable bonds is 5. The van der Waals surface area contributed by atoms with E-state index in [1.54, 1.807) is 0 Å². The summed E-state index contributed by atoms with van der Waals surface area (Å²) in [5.41, 5.74) is 3.61. The van der Waals surface area contributed by atoms with Gasteiger partial charge in [-0.05, 0) is 30.9 Å². The van der Waals surface area contributed by atoms with Gasteiger partial charge in [0.25, 0.3) is 0 Å². The predicted molar refractivity (Wildman–Crippen MR) is 106 cm³/mol. The zero-order valence-electron chi connectivity index (χ0n) is 15.6. The first-order valence-corrected chi connectivity index (χ1v) is 9.69. The van der Waals surface area contributed by atoms with Crippen molar-refractivity contribution in [1.82, 2.24) is 5.16 Å². The van der Waals surface area contributed by atoms with Crippen LogP contribution >= 0.6 is 0 Å². The second-order valence-corrected chi connectivity index (χ2v) is 7.54. The van der Waals surface area contributed by atoms with Crippen LogP contribution in [0, 0.1) is 0 Å². The molecule has 0 N–H and O–H groups in total. The monoisotopic (exact) mass is 371 g/mol. The molecule has 0 saturated carbocycles. The van der Waals surface area contributed by atoms with Gasteiger partial charge in [0.15, 0.2) is 5.78 Å². The molecule has 28 heavy (non-hydrogen) atoms. The number of nitrogens with zero attached hydrogens (tertiary/aromatic N) is 1. The molecule has 0 spiro atoms. The molecule has 1 atom stereocenters. The summed E-state index contributed by atoms with van der Waals surface area (Å²) in [4.78, 5) is 13.7. The van der Waals surface area contributed by atoms with Crippen molar-refractivity contribution in [3.05, 3.63) is 83.6 Å². The van der Waals surface area contributed by atoms with Crippen LogP contribution in [0.5, 0.6) is 5.75 Å². The van der Waals surface area contributed by atoms with Gasteiger partial charge in [-0.2, -0.15) is 0 Å². The molecule has 0 fully saturated rings. The Morgan fingerprint density at radius 2 is 2.04 bits per heavy atom. The lowest BCUT2D eigenvalue weighted by molar-refractivity contribution is 0.0859. The van der Waals surface area contributed by atoms with Crippen molar-refractivity contribution in [3.8, 4) is 17.0 Å². The molecule has 140 valence electrons. The number of aryl methyl sites for hydroxylation is 1. The van der Waals surface area contributed by atoms with Gasteiger partial charge >= 0.3 is 0 Å². The second kappa shape index (κ2) is 6.48. The lowest BCUT2D eigenvalue weighted by Crippen LogP contribution is -2.41. The van der Waals surface area contributed by atoms with Gasteiger partial charge in [-0.1, -0.05) is 53.7 Å². The molecule has 2 aliphatic carbocycles. The highest BCUT2D eigenvalue weighted by Crippen LogP contribution is 2.53. The fourth-order valence-electron chi connectivity index (χ4n) is 4.68. The minimum Gasteiger partial charge on any atom is -0.488 e. The molecular formula is C24H21NO3. The molecule has 0 aliphatic heterocycles. The maximum Gasteiger partial charge on any atom is 0.174 e. The second-order valence-electron chi connectivity index (χ2n) is 7.54. The molecule has 1 heterocycles. The van der Waals surface area contributed by atoms with Gasteiger partial charge in [-0.25, -0.2) is 0 Å². The summed E-state index contributed by atoms with van der Waals surface area (Å²) in [7, 11) is 0. The van der Waals surface area contributed by atoms with Crippen molar-refractivity contribution in [3.63, 3.8) is 0 Å². The van der Waals surface area contributed by atoms with E-state index in [0.29, 0.717) is 24.3 Å². The van der Waals surface area contributed by atoms with E-state index >= 15 is 0 Å². The number of benzene rings is 2. The van der Waals surface area contributed by atoms with E-state index in [0.717, 1.165) is 47.4 Å². The Labute approximate surface area is 163 Å². The van der Waals surface area contributed by atoms with E-state index in [-0.39, 0.29) is 5.78 Å². The van der Waals surface area contributed by atoms with Gasteiger partial charge in [-0.3, -0.25) is 4.79 Å². The number of hydrogen-bond donors (Lipinski definition) is 0. The van der Waals surface area contributed by atoms with Crippen LogP contribution in [0.2, 0.25) is 0 Å². The molecule has 0 amide bonds.